The number of nitrogens with zero attached hydrogens (tertiary/aromatic N) is 1. The molecule has 24 heavy (non-hydrogen) atoms. The van der Waals surface area contributed by atoms with Crippen LogP contribution >= 0.6 is 0 Å². The van der Waals surface area contributed by atoms with Gasteiger partial charge in [-0.25, -0.2) is 12.8 Å². The molecule has 2 fully saturated rings. The fourth-order valence-electron chi connectivity index (χ4n) is 3.27. The van der Waals surface area contributed by atoms with Crippen LogP contribution in [0.1, 0.15) is 19.4 Å². The van der Waals surface area contributed by atoms with Gasteiger partial charge >= 0.3 is 0 Å². The van der Waals surface area contributed by atoms with Crippen molar-refractivity contribution in [3.63, 3.8) is 0 Å². The highest BCUT2D eigenvalue weighted by molar-refractivity contribution is 7.93. The fraction of sp³-hybridized carbons (Fsp3) is 0.467. The Morgan fingerprint density at radius 1 is 1.46 bits per heavy atom. The van der Waals surface area contributed by atoms with Crippen molar-refractivity contribution in [1.29, 1.82) is 0 Å². The first-order valence-electron chi connectivity index (χ1n) is 7.27. The van der Waals surface area contributed by atoms with Crippen molar-refractivity contribution in [2.24, 2.45) is 0 Å². The third-order valence-corrected chi connectivity index (χ3v) is 7.93. The van der Waals surface area contributed by atoms with Crippen molar-refractivity contribution in [1.82, 2.24) is 5.32 Å². The minimum absolute atomic E-state index is 0.0978. The van der Waals surface area contributed by atoms with E-state index in [4.69, 9.17) is 4.74 Å². The average Bonchev–Trinajstić information content (AvgIpc) is 2.91. The molecule has 1 N–H and O–H groups in total. The van der Waals surface area contributed by atoms with Gasteiger partial charge in [-0.2, -0.15) is 0 Å². The zero-order valence-electron chi connectivity index (χ0n) is 13.2. The molecule has 2 aliphatic heterocycles. The van der Waals surface area contributed by atoms with Crippen LogP contribution in [0.15, 0.2) is 30.5 Å². The van der Waals surface area contributed by atoms with Gasteiger partial charge < -0.3 is 10.1 Å². The number of hydrogen-bond donors (Lipinski definition) is 1. The molecule has 2 aliphatic rings. The minimum Gasteiger partial charge on any atom is -0.377 e. The zero-order valence-corrected chi connectivity index (χ0v) is 14.0. The van der Waals surface area contributed by atoms with Gasteiger partial charge in [-0.05, 0) is 19.9 Å². The van der Waals surface area contributed by atoms with E-state index >= 15 is 0 Å². The van der Waals surface area contributed by atoms with E-state index < -0.39 is 36.1 Å². The van der Waals surface area contributed by atoms with Crippen molar-refractivity contribution in [2.45, 2.75) is 29.4 Å². The molecule has 7 nitrogen and oxygen atoms in total. The molecule has 0 saturated carbocycles. The Morgan fingerprint density at radius 2 is 2.12 bits per heavy atom. The van der Waals surface area contributed by atoms with Gasteiger partial charge in [0.15, 0.2) is 9.84 Å². The number of sulfone groups is 1. The van der Waals surface area contributed by atoms with E-state index in [2.05, 4.69) is 11.9 Å². The smallest absolute Gasteiger partial charge is 0.270 e. The topological polar surface area (TPSA) is 98.5 Å². The number of benzene rings is 1. The summed E-state index contributed by atoms with van der Waals surface area (Å²) in [5.41, 5.74) is -1.64. The van der Waals surface area contributed by atoms with Gasteiger partial charge in [0, 0.05) is 23.4 Å². The summed E-state index contributed by atoms with van der Waals surface area (Å²) in [6, 6.07) is 3.07. The molecule has 0 bridgehead atoms. The highest BCUT2D eigenvalue weighted by Gasteiger charge is 2.62. The molecule has 130 valence electrons. The first kappa shape index (κ1) is 16.8. The molecular formula is C15H17FN2O5S. The Balaban J connectivity index is 2.25. The number of nitro groups is 1. The zero-order chi connectivity index (χ0) is 17.9. The average molecular weight is 356 g/mol. The summed E-state index contributed by atoms with van der Waals surface area (Å²) in [7, 11) is -3.77. The van der Waals surface area contributed by atoms with Crippen molar-refractivity contribution in [3.8, 4) is 0 Å². The maximum Gasteiger partial charge on any atom is 0.270 e. The highest BCUT2D eigenvalue weighted by Crippen LogP contribution is 2.47. The quantitative estimate of drug-likeness (QED) is 0.639. The van der Waals surface area contributed by atoms with Gasteiger partial charge in [0.1, 0.15) is 21.4 Å². The maximum absolute atomic E-state index is 14.5. The SMILES string of the molecule is C=C1NC2(c3cc([N+](=O)[O-])ccc3F)COCC2S(=O)(=O)C1(C)C. The van der Waals surface area contributed by atoms with Crippen LogP contribution in [0.2, 0.25) is 0 Å². The molecule has 0 spiro atoms. The summed E-state index contributed by atoms with van der Waals surface area (Å²) in [5, 5.41) is 13.0. The van der Waals surface area contributed by atoms with Crippen LogP contribution in [0.3, 0.4) is 0 Å². The number of rotatable bonds is 2. The Bertz CT molecular complexity index is 851. The number of hydrogen-bond acceptors (Lipinski definition) is 6. The fourth-order valence-corrected chi connectivity index (χ4v) is 5.43. The van der Waals surface area contributed by atoms with Gasteiger partial charge in [0.05, 0.1) is 18.1 Å². The van der Waals surface area contributed by atoms with Gasteiger partial charge in [-0.15, -0.1) is 0 Å². The van der Waals surface area contributed by atoms with E-state index in [-0.39, 0.29) is 30.2 Å². The monoisotopic (exact) mass is 356 g/mol. The lowest BCUT2D eigenvalue weighted by molar-refractivity contribution is -0.385. The summed E-state index contributed by atoms with van der Waals surface area (Å²) >= 11 is 0. The maximum atomic E-state index is 14.5. The third kappa shape index (κ3) is 2.01. The molecule has 0 aliphatic carbocycles. The van der Waals surface area contributed by atoms with Crippen molar-refractivity contribution in [3.05, 3.63) is 52.0 Å². The van der Waals surface area contributed by atoms with E-state index in [0.717, 1.165) is 18.2 Å². The van der Waals surface area contributed by atoms with Crippen molar-refractivity contribution < 1.29 is 22.5 Å². The summed E-state index contributed by atoms with van der Waals surface area (Å²) in [6.45, 7) is 6.58. The second-order valence-corrected chi connectivity index (χ2v) is 9.23. The van der Waals surface area contributed by atoms with Gasteiger partial charge in [0.25, 0.3) is 5.69 Å². The second kappa shape index (κ2) is 5.00. The van der Waals surface area contributed by atoms with Crippen molar-refractivity contribution in [2.75, 3.05) is 13.2 Å². The lowest BCUT2D eigenvalue weighted by atomic mass is 9.86. The molecular weight excluding hydrogens is 339 g/mol. The summed E-state index contributed by atoms with van der Waals surface area (Å²) in [6.07, 6.45) is 0. The van der Waals surface area contributed by atoms with Gasteiger partial charge in [-0.3, -0.25) is 10.1 Å². The third-order valence-electron chi connectivity index (χ3n) is 4.98. The number of halogens is 1. The molecule has 0 radical (unpaired) electrons. The van der Waals surface area contributed by atoms with E-state index in [1.807, 2.05) is 0 Å². The predicted molar refractivity (Wildman–Crippen MR) is 84.6 cm³/mol. The molecule has 0 aromatic heterocycles. The van der Waals surface area contributed by atoms with Crippen LogP contribution in [0.5, 0.6) is 0 Å². The molecule has 3 rings (SSSR count). The number of non-ortho nitro benzene ring substituents is 1. The molecule has 2 atom stereocenters. The lowest BCUT2D eigenvalue weighted by Gasteiger charge is -2.47. The van der Waals surface area contributed by atoms with Crippen LogP contribution in [0.25, 0.3) is 0 Å². The number of ether oxygens (including phenoxy) is 1. The first-order valence-corrected chi connectivity index (χ1v) is 8.82. The van der Waals surface area contributed by atoms with Crippen LogP contribution in [-0.4, -0.2) is 36.6 Å². The highest BCUT2D eigenvalue weighted by atomic mass is 32.2. The number of nitrogens with one attached hydrogen (secondary N) is 1. The summed E-state index contributed by atoms with van der Waals surface area (Å²) < 4.78 is 44.6. The summed E-state index contributed by atoms with van der Waals surface area (Å²) in [4.78, 5) is 10.4. The van der Waals surface area contributed by atoms with Crippen LogP contribution in [0.4, 0.5) is 10.1 Å². The van der Waals surface area contributed by atoms with E-state index in [0.29, 0.717) is 0 Å². The number of fused-ring (bicyclic) bond motifs is 1. The minimum atomic E-state index is -3.77. The number of nitro benzene ring substituents is 1. The Morgan fingerprint density at radius 3 is 2.75 bits per heavy atom. The molecule has 2 heterocycles. The van der Waals surface area contributed by atoms with Gasteiger partial charge in [0.2, 0.25) is 0 Å². The second-order valence-electron chi connectivity index (χ2n) is 6.56. The van der Waals surface area contributed by atoms with Crippen molar-refractivity contribution >= 4 is 15.5 Å². The largest absolute Gasteiger partial charge is 0.377 e. The predicted octanol–water partition coefficient (Wildman–Crippen LogP) is 1.64. The van der Waals surface area contributed by atoms with Crippen LogP contribution in [0, 0.1) is 15.9 Å². The molecule has 2 saturated heterocycles. The first-order chi connectivity index (χ1) is 11.0. The standard InChI is InChI=1S/C15H17FN2O5S/c1-9-14(2,3)24(21,22)13-7-23-8-15(13,17-9)11-6-10(18(19)20)4-5-12(11)16/h4-6,13,17H,1,7-8H2,2-3H3. The molecule has 9 heteroatoms. The van der Waals surface area contributed by atoms with E-state index in [1.54, 1.807) is 0 Å². The van der Waals surface area contributed by atoms with Crippen LogP contribution < -0.4 is 5.32 Å². The molecule has 0 amide bonds. The summed E-state index contributed by atoms with van der Waals surface area (Å²) in [5.74, 6) is -0.730. The molecule has 1 aromatic rings. The molecule has 2 unspecified atom stereocenters. The Labute approximate surface area is 138 Å². The Kier molecular flexibility index (Phi) is 3.51. The van der Waals surface area contributed by atoms with Gasteiger partial charge in [-0.1, -0.05) is 6.58 Å². The lowest BCUT2D eigenvalue weighted by Crippen LogP contribution is -2.65. The molecule has 1 aromatic carbocycles. The van der Waals surface area contributed by atoms with Crippen LogP contribution in [-0.2, 0) is 20.1 Å². The normalized spacial score (nSPS) is 30.5. The Hall–Kier alpha value is -2.00. The van der Waals surface area contributed by atoms with E-state index in [1.165, 1.54) is 13.8 Å². The van der Waals surface area contributed by atoms with E-state index in [9.17, 15) is 22.9 Å².